The van der Waals surface area contributed by atoms with Crippen molar-refractivity contribution in [3.63, 3.8) is 0 Å². The second-order valence-corrected chi connectivity index (χ2v) is 7.97. The Morgan fingerprint density at radius 2 is 1.94 bits per heavy atom. The van der Waals surface area contributed by atoms with Crippen molar-refractivity contribution in [2.24, 2.45) is 0 Å². The first-order chi connectivity index (χ1) is 16.8. The first kappa shape index (κ1) is 25.3. The minimum absolute atomic E-state index is 0.0670. The lowest BCUT2D eigenvalue weighted by atomic mass is 10.1. The molecule has 0 unspecified atom stereocenters. The first-order valence-corrected chi connectivity index (χ1v) is 11.1. The zero-order chi connectivity index (χ0) is 25.4. The highest BCUT2D eigenvalue weighted by atomic mass is 79.9. The number of nitrogens with one attached hydrogen (secondary N) is 1. The maximum Gasteiger partial charge on any atom is 0.273 e. The van der Waals surface area contributed by atoms with Crippen LogP contribution in [0.3, 0.4) is 0 Å². The summed E-state index contributed by atoms with van der Waals surface area (Å²) in [6, 6.07) is 18.0. The molecule has 0 aliphatic carbocycles. The van der Waals surface area contributed by atoms with E-state index in [0.717, 1.165) is 17.7 Å². The van der Waals surface area contributed by atoms with Gasteiger partial charge in [0.1, 0.15) is 24.0 Å². The number of nitriles is 1. The molecule has 10 heteroatoms. The average molecular weight is 538 g/mol. The predicted octanol–water partition coefficient (Wildman–Crippen LogP) is 5.59. The van der Waals surface area contributed by atoms with Gasteiger partial charge in [-0.25, -0.2) is 0 Å². The number of carbonyl (C=O) groups is 1. The topological polar surface area (TPSA) is 135 Å². The SMILES string of the molecule is CCOc1cc(/C=C(/C#N)C(=O)Nc2ccc([N+](=O)[O-])cc2O)cc(Br)c1OCc1ccccc1. The number of phenols is 1. The minimum atomic E-state index is -0.796. The lowest BCUT2D eigenvalue weighted by molar-refractivity contribution is -0.384. The van der Waals surface area contributed by atoms with E-state index in [2.05, 4.69) is 21.2 Å². The molecule has 1 amide bonds. The van der Waals surface area contributed by atoms with Crippen molar-refractivity contribution in [3.8, 4) is 23.3 Å². The van der Waals surface area contributed by atoms with Crippen LogP contribution in [0.15, 0.2) is 70.7 Å². The Hall–Kier alpha value is -4.36. The van der Waals surface area contributed by atoms with Crippen LogP contribution in [0.25, 0.3) is 6.08 Å². The zero-order valence-corrected chi connectivity index (χ0v) is 20.1. The summed E-state index contributed by atoms with van der Waals surface area (Å²) in [5, 5.41) is 32.7. The summed E-state index contributed by atoms with van der Waals surface area (Å²) >= 11 is 3.47. The molecule has 0 bridgehead atoms. The van der Waals surface area contributed by atoms with Crippen LogP contribution in [0.4, 0.5) is 11.4 Å². The third-order valence-electron chi connectivity index (χ3n) is 4.67. The van der Waals surface area contributed by atoms with E-state index in [1.807, 2.05) is 43.3 Å². The van der Waals surface area contributed by atoms with Gasteiger partial charge in [-0.1, -0.05) is 30.3 Å². The molecule has 0 fully saturated rings. The second-order valence-electron chi connectivity index (χ2n) is 7.12. The molecule has 3 aromatic carbocycles. The number of carbonyl (C=O) groups excluding carboxylic acids is 1. The molecule has 0 saturated heterocycles. The number of rotatable bonds is 9. The molecule has 0 heterocycles. The lowest BCUT2D eigenvalue weighted by Crippen LogP contribution is -2.13. The number of nitro groups is 1. The molecule has 2 N–H and O–H groups in total. The van der Waals surface area contributed by atoms with Crippen LogP contribution in [0.5, 0.6) is 17.2 Å². The number of non-ortho nitro benzene ring substituents is 1. The summed E-state index contributed by atoms with van der Waals surface area (Å²) in [4.78, 5) is 22.8. The molecule has 3 aromatic rings. The fourth-order valence-electron chi connectivity index (χ4n) is 3.05. The summed E-state index contributed by atoms with van der Waals surface area (Å²) in [6.07, 6.45) is 1.35. The summed E-state index contributed by atoms with van der Waals surface area (Å²) in [5.41, 5.74) is 0.813. The number of nitrogens with zero attached hydrogens (tertiary/aromatic N) is 2. The standard InChI is InChI=1S/C25H20BrN3O6/c1-2-34-23-12-17(11-20(26)24(23)35-15-16-6-4-3-5-7-16)10-18(14-27)25(31)28-21-9-8-19(29(32)33)13-22(21)30/h3-13,30H,2,15H2,1H3,(H,28,31)/b18-10-. The van der Waals surface area contributed by atoms with Crippen molar-refractivity contribution in [1.82, 2.24) is 0 Å². The predicted molar refractivity (Wildman–Crippen MR) is 133 cm³/mol. The number of hydrogen-bond acceptors (Lipinski definition) is 7. The summed E-state index contributed by atoms with van der Waals surface area (Å²) < 4.78 is 12.2. The van der Waals surface area contributed by atoms with Gasteiger partial charge in [-0.3, -0.25) is 14.9 Å². The summed E-state index contributed by atoms with van der Waals surface area (Å²) in [7, 11) is 0. The van der Waals surface area contributed by atoms with Crippen LogP contribution >= 0.6 is 15.9 Å². The van der Waals surface area contributed by atoms with Crippen LogP contribution in [-0.4, -0.2) is 22.5 Å². The number of phenolic OH excluding ortho intramolecular Hbond substituents is 1. The van der Waals surface area contributed by atoms with E-state index in [1.165, 1.54) is 12.1 Å². The van der Waals surface area contributed by atoms with Crippen LogP contribution in [0.2, 0.25) is 0 Å². The average Bonchev–Trinajstić information content (AvgIpc) is 2.84. The van der Waals surface area contributed by atoms with Crippen molar-refractivity contribution in [3.05, 3.63) is 92.0 Å². The Morgan fingerprint density at radius 1 is 1.20 bits per heavy atom. The van der Waals surface area contributed by atoms with Crippen LogP contribution in [0, 0.1) is 21.4 Å². The normalized spacial score (nSPS) is 10.8. The number of aromatic hydroxyl groups is 1. The molecule has 0 aromatic heterocycles. The number of ether oxygens (including phenoxy) is 2. The van der Waals surface area contributed by atoms with Gasteiger partial charge in [0.05, 0.1) is 27.8 Å². The second kappa shape index (κ2) is 11.7. The number of amides is 1. The Labute approximate surface area is 209 Å². The number of benzene rings is 3. The van der Waals surface area contributed by atoms with Gasteiger partial charge in [0, 0.05) is 6.07 Å². The van der Waals surface area contributed by atoms with Gasteiger partial charge < -0.3 is 19.9 Å². The molecule has 9 nitrogen and oxygen atoms in total. The molecule has 35 heavy (non-hydrogen) atoms. The maximum atomic E-state index is 12.6. The number of halogens is 1. The van der Waals surface area contributed by atoms with Gasteiger partial charge in [-0.2, -0.15) is 5.26 Å². The molecular formula is C25H20BrN3O6. The Bertz CT molecular complexity index is 1320. The highest BCUT2D eigenvalue weighted by Crippen LogP contribution is 2.38. The molecule has 0 saturated carbocycles. The van der Waals surface area contributed by atoms with Gasteiger partial charge in [0.2, 0.25) is 0 Å². The number of anilines is 1. The molecule has 0 atom stereocenters. The molecule has 3 rings (SSSR count). The Kier molecular flexibility index (Phi) is 8.43. The highest BCUT2D eigenvalue weighted by molar-refractivity contribution is 9.10. The van der Waals surface area contributed by atoms with E-state index >= 15 is 0 Å². The monoisotopic (exact) mass is 537 g/mol. The fourth-order valence-corrected chi connectivity index (χ4v) is 3.62. The fraction of sp³-hybridized carbons (Fsp3) is 0.120. The smallest absolute Gasteiger partial charge is 0.273 e. The van der Waals surface area contributed by atoms with Crippen LogP contribution < -0.4 is 14.8 Å². The van der Waals surface area contributed by atoms with Crippen LogP contribution in [0.1, 0.15) is 18.1 Å². The molecule has 178 valence electrons. The van der Waals surface area contributed by atoms with Gasteiger partial charge >= 0.3 is 0 Å². The number of hydrogen-bond donors (Lipinski definition) is 2. The molecular weight excluding hydrogens is 518 g/mol. The molecule has 0 radical (unpaired) electrons. The Morgan fingerprint density at radius 3 is 2.57 bits per heavy atom. The zero-order valence-electron chi connectivity index (χ0n) is 18.5. The van der Waals surface area contributed by atoms with E-state index in [0.29, 0.717) is 34.7 Å². The minimum Gasteiger partial charge on any atom is -0.506 e. The maximum absolute atomic E-state index is 12.6. The largest absolute Gasteiger partial charge is 0.506 e. The van der Waals surface area contributed by atoms with Crippen molar-refractivity contribution in [2.75, 3.05) is 11.9 Å². The highest BCUT2D eigenvalue weighted by Gasteiger charge is 2.17. The van der Waals surface area contributed by atoms with E-state index < -0.39 is 16.6 Å². The Balaban J connectivity index is 1.85. The van der Waals surface area contributed by atoms with E-state index in [9.17, 15) is 25.3 Å². The van der Waals surface area contributed by atoms with Crippen molar-refractivity contribution < 1.29 is 24.3 Å². The van der Waals surface area contributed by atoms with Gasteiger partial charge in [0.25, 0.3) is 11.6 Å². The lowest BCUT2D eigenvalue weighted by Gasteiger charge is -2.15. The summed E-state index contributed by atoms with van der Waals surface area (Å²) in [6.45, 7) is 2.51. The third kappa shape index (κ3) is 6.59. The van der Waals surface area contributed by atoms with Gasteiger partial charge in [0.15, 0.2) is 11.5 Å². The molecule has 0 aliphatic heterocycles. The van der Waals surface area contributed by atoms with Crippen molar-refractivity contribution >= 4 is 39.3 Å². The van der Waals surface area contributed by atoms with E-state index in [1.54, 1.807) is 12.1 Å². The first-order valence-electron chi connectivity index (χ1n) is 10.4. The molecule has 0 spiro atoms. The van der Waals surface area contributed by atoms with Gasteiger partial charge in [-0.15, -0.1) is 0 Å². The van der Waals surface area contributed by atoms with E-state index in [-0.39, 0.29) is 16.9 Å². The number of nitro benzene ring substituents is 1. The van der Waals surface area contributed by atoms with Crippen molar-refractivity contribution in [1.29, 1.82) is 5.26 Å². The van der Waals surface area contributed by atoms with E-state index in [4.69, 9.17) is 9.47 Å². The third-order valence-corrected chi connectivity index (χ3v) is 5.26. The summed E-state index contributed by atoms with van der Waals surface area (Å²) in [5.74, 6) is -0.386. The quantitative estimate of drug-likeness (QED) is 0.119. The van der Waals surface area contributed by atoms with Crippen molar-refractivity contribution in [2.45, 2.75) is 13.5 Å². The van der Waals surface area contributed by atoms with Crippen LogP contribution in [-0.2, 0) is 11.4 Å². The van der Waals surface area contributed by atoms with Gasteiger partial charge in [-0.05, 0) is 58.3 Å². The molecule has 0 aliphatic rings.